The van der Waals surface area contributed by atoms with Crippen LogP contribution in [0, 0.1) is 0 Å². The van der Waals surface area contributed by atoms with Crippen molar-refractivity contribution in [2.45, 2.75) is 0 Å². The Morgan fingerprint density at radius 2 is 1.29 bits per heavy atom. The van der Waals surface area contributed by atoms with Crippen LogP contribution < -0.4 is 10.1 Å². The van der Waals surface area contributed by atoms with Crippen LogP contribution in [0.4, 0.5) is 0 Å². The van der Waals surface area contributed by atoms with E-state index in [1.54, 1.807) is 0 Å². The zero-order valence-electron chi connectivity index (χ0n) is 12.1. The van der Waals surface area contributed by atoms with E-state index in [0.29, 0.717) is 5.46 Å². The van der Waals surface area contributed by atoms with Gasteiger partial charge in [-0.2, -0.15) is 0 Å². The van der Waals surface area contributed by atoms with Crippen LogP contribution in [-0.4, -0.2) is 35.0 Å². The van der Waals surface area contributed by atoms with E-state index in [4.69, 9.17) is 32.4 Å². The summed E-state index contributed by atoms with van der Waals surface area (Å²) < 4.78 is 9.94. The quantitative estimate of drug-likeness (QED) is 0.565. The Kier molecular flexibility index (Phi) is 6.42. The maximum absolute atomic E-state index is 11.0. The van der Waals surface area contributed by atoms with Crippen LogP contribution in [0.5, 0.6) is 5.75 Å². The largest absolute Gasteiger partial charge is 0.696 e. The number of halogens is 2. The van der Waals surface area contributed by atoms with E-state index < -0.39 is 24.9 Å². The van der Waals surface area contributed by atoms with E-state index in [0.717, 1.165) is 0 Å². The molecule has 0 fully saturated rings. The normalized spacial score (nSPS) is 10.2. The van der Waals surface area contributed by atoms with Gasteiger partial charge in [0.25, 0.3) is 10.5 Å². The maximum Gasteiger partial charge on any atom is 0.696 e. The average Bonchev–Trinajstić information content (AvgIpc) is 2.55. The number of rotatable bonds is 7. The Balaban J connectivity index is 1.94. The van der Waals surface area contributed by atoms with Gasteiger partial charge in [-0.15, -0.1) is 0 Å². The predicted octanol–water partition coefficient (Wildman–Crippen LogP) is 1.20. The molecule has 0 aromatic heterocycles. The van der Waals surface area contributed by atoms with Gasteiger partial charge < -0.3 is 19.3 Å². The molecule has 0 aliphatic rings. The number of hydrogen-bond donors (Lipinski definition) is 2. The Hall–Kier alpha value is -1.83. The Morgan fingerprint density at radius 3 is 1.75 bits per heavy atom. The van der Waals surface area contributed by atoms with Crippen LogP contribution in [0.3, 0.4) is 0 Å². The van der Waals surface area contributed by atoms with Gasteiger partial charge >= 0.3 is 14.4 Å². The van der Waals surface area contributed by atoms with E-state index in [1.807, 2.05) is 0 Å². The van der Waals surface area contributed by atoms with E-state index in [-0.39, 0.29) is 16.9 Å². The molecule has 0 saturated heterocycles. The highest BCUT2D eigenvalue weighted by Gasteiger charge is 2.28. The molecule has 0 unspecified atom stereocenters. The first-order chi connectivity index (χ1) is 11.4. The summed E-state index contributed by atoms with van der Waals surface area (Å²) in [5.41, 5.74) is 0.828. The van der Waals surface area contributed by atoms with Gasteiger partial charge in [-0.05, 0) is 52.9 Å². The lowest BCUT2D eigenvalue weighted by molar-refractivity contribution is 0.107. The van der Waals surface area contributed by atoms with Crippen molar-refractivity contribution in [3.8, 4) is 5.75 Å². The molecule has 0 atom stereocenters. The fourth-order valence-electron chi connectivity index (χ4n) is 1.78. The maximum atomic E-state index is 11.0. The summed E-state index contributed by atoms with van der Waals surface area (Å²) in [5, 5.41) is 18.3. The molecule has 2 aromatic rings. The number of hydrogen-bond acceptors (Lipinski definition) is 6. The van der Waals surface area contributed by atoms with Gasteiger partial charge in [0.05, 0.1) is 0 Å². The summed E-state index contributed by atoms with van der Waals surface area (Å²) in [4.78, 5) is 21.9. The van der Waals surface area contributed by atoms with Crippen LogP contribution in [-0.2, 0) is 4.57 Å². The lowest BCUT2D eigenvalue weighted by Gasteiger charge is -2.13. The Labute approximate surface area is 148 Å². The van der Waals surface area contributed by atoms with Crippen LogP contribution >= 0.6 is 23.2 Å². The number of carbonyl (C=O) groups is 2. The molecule has 0 radical (unpaired) electrons. The monoisotopic (exact) mass is 366 g/mol. The van der Waals surface area contributed by atoms with Crippen molar-refractivity contribution in [1.82, 2.24) is 0 Å². The van der Waals surface area contributed by atoms with Crippen LogP contribution in [0.2, 0.25) is 0 Å². The summed E-state index contributed by atoms with van der Waals surface area (Å²) in [5.74, 6) is 0.208. The van der Waals surface area contributed by atoms with Gasteiger partial charge in [-0.1, -0.05) is 24.3 Å². The molecule has 24 heavy (non-hydrogen) atoms. The Bertz CT molecular complexity index is 723. The molecule has 0 amide bonds. The van der Waals surface area contributed by atoms with Crippen LogP contribution in [0.25, 0.3) is 0 Å². The minimum atomic E-state index is -1.76. The highest BCUT2D eigenvalue weighted by Crippen LogP contribution is 2.14. The van der Waals surface area contributed by atoms with E-state index in [9.17, 15) is 19.6 Å². The van der Waals surface area contributed by atoms with E-state index >= 15 is 0 Å². The van der Waals surface area contributed by atoms with Crippen molar-refractivity contribution in [3.63, 3.8) is 0 Å². The molecule has 122 valence electrons. The molecule has 2 N–H and O–H groups in total. The van der Waals surface area contributed by atoms with Crippen molar-refractivity contribution in [1.29, 1.82) is 0 Å². The summed E-state index contributed by atoms with van der Waals surface area (Å²) in [6, 6.07) is 11.3. The molecule has 0 spiro atoms. The zero-order chi connectivity index (χ0) is 17.7. The molecular formula is C14H10B2Cl2O6. The molecule has 0 aliphatic carbocycles. The van der Waals surface area contributed by atoms with Gasteiger partial charge in [-0.25, -0.2) is 0 Å². The standard InChI is InChI=1S/C14H10B2Cl2O6/c17-13(19)9-1-5-11(6-2-9)15(21)24-16(22)23-12-7-3-10(4-8-12)14(18)20/h1-8,21-22H. The smallest absolute Gasteiger partial charge is 0.513 e. The second-order valence-electron chi connectivity index (χ2n) is 4.61. The van der Waals surface area contributed by atoms with Crippen molar-refractivity contribution in [2.24, 2.45) is 0 Å². The zero-order valence-corrected chi connectivity index (χ0v) is 13.6. The van der Waals surface area contributed by atoms with Crippen molar-refractivity contribution in [3.05, 3.63) is 59.7 Å². The molecule has 0 aliphatic heterocycles. The van der Waals surface area contributed by atoms with Crippen molar-refractivity contribution < 1.29 is 28.9 Å². The minimum Gasteiger partial charge on any atom is -0.513 e. The summed E-state index contributed by atoms with van der Waals surface area (Å²) >= 11 is 10.6. The van der Waals surface area contributed by atoms with Crippen LogP contribution in [0.15, 0.2) is 48.5 Å². The molecule has 2 rings (SSSR count). The molecule has 0 heterocycles. The lowest BCUT2D eigenvalue weighted by Crippen LogP contribution is -2.42. The van der Waals surface area contributed by atoms with Gasteiger partial charge in [0.1, 0.15) is 5.75 Å². The summed E-state index contributed by atoms with van der Waals surface area (Å²) in [6.45, 7) is 0. The fraction of sp³-hybridized carbons (Fsp3) is 0. The summed E-state index contributed by atoms with van der Waals surface area (Å²) in [7, 11) is -3.24. The second kappa shape index (κ2) is 8.32. The fourth-order valence-corrected chi connectivity index (χ4v) is 2.03. The second-order valence-corrected chi connectivity index (χ2v) is 5.29. The SMILES string of the molecule is O=C(Cl)c1ccc(OB(O)OB(O)c2ccc(C(=O)Cl)cc2)cc1. The van der Waals surface area contributed by atoms with E-state index in [2.05, 4.69) is 0 Å². The van der Waals surface area contributed by atoms with Gasteiger partial charge in [-0.3, -0.25) is 9.59 Å². The van der Waals surface area contributed by atoms with Gasteiger partial charge in [0.2, 0.25) is 0 Å². The molecule has 6 nitrogen and oxygen atoms in total. The predicted molar refractivity (Wildman–Crippen MR) is 90.5 cm³/mol. The van der Waals surface area contributed by atoms with Crippen molar-refractivity contribution >= 4 is 53.6 Å². The highest BCUT2D eigenvalue weighted by molar-refractivity contribution is 6.68. The first-order valence-corrected chi connectivity index (χ1v) is 7.40. The minimum absolute atomic E-state index is 0.208. The summed E-state index contributed by atoms with van der Waals surface area (Å²) in [6.07, 6.45) is 0. The third kappa shape index (κ3) is 5.09. The van der Waals surface area contributed by atoms with E-state index in [1.165, 1.54) is 48.5 Å². The highest BCUT2D eigenvalue weighted by atomic mass is 35.5. The first-order valence-electron chi connectivity index (χ1n) is 6.65. The third-order valence-corrected chi connectivity index (χ3v) is 3.42. The molecule has 10 heteroatoms. The molecular weight excluding hydrogens is 357 g/mol. The first kappa shape index (κ1) is 18.5. The average molecular weight is 367 g/mol. The molecule has 2 aromatic carbocycles. The Morgan fingerprint density at radius 1 is 0.833 bits per heavy atom. The van der Waals surface area contributed by atoms with Gasteiger partial charge in [0.15, 0.2) is 0 Å². The lowest BCUT2D eigenvalue weighted by atomic mass is 9.77. The number of benzene rings is 2. The van der Waals surface area contributed by atoms with Gasteiger partial charge in [0, 0.05) is 11.1 Å². The topological polar surface area (TPSA) is 93.1 Å². The van der Waals surface area contributed by atoms with Crippen molar-refractivity contribution in [2.75, 3.05) is 0 Å². The third-order valence-electron chi connectivity index (χ3n) is 2.99. The van der Waals surface area contributed by atoms with Crippen LogP contribution in [0.1, 0.15) is 20.7 Å². The molecule has 0 saturated carbocycles. The molecule has 0 bridgehead atoms. The number of carbonyl (C=O) groups excluding carboxylic acids is 2.